The average molecular weight is 256 g/mol. The van der Waals surface area contributed by atoms with Crippen molar-refractivity contribution in [2.45, 2.75) is 0 Å². The van der Waals surface area contributed by atoms with E-state index in [9.17, 15) is 0 Å². The van der Waals surface area contributed by atoms with E-state index >= 15 is 0 Å². The molecule has 6 heteroatoms. The summed E-state index contributed by atoms with van der Waals surface area (Å²) < 4.78 is 5.32. The van der Waals surface area contributed by atoms with Gasteiger partial charge in [-0.3, -0.25) is 0 Å². The van der Waals surface area contributed by atoms with E-state index in [1.807, 2.05) is 18.2 Å². The Hall–Kier alpha value is -2.62. The number of ether oxygens (including phenoxy) is 1. The lowest BCUT2D eigenvalue weighted by molar-refractivity contribution is 0.447. The fourth-order valence-electron chi connectivity index (χ4n) is 1.15. The van der Waals surface area contributed by atoms with Gasteiger partial charge in [-0.05, 0) is 24.4 Å². The zero-order chi connectivity index (χ0) is 13.7. The molecule has 0 fully saturated rings. The van der Waals surface area contributed by atoms with E-state index in [4.69, 9.17) is 32.7 Å². The molecule has 0 aromatic heterocycles. The summed E-state index contributed by atoms with van der Waals surface area (Å²) in [6.45, 7) is 0. The van der Waals surface area contributed by atoms with Crippen LogP contribution in [0.1, 0.15) is 16.7 Å². The van der Waals surface area contributed by atoms with Crippen LogP contribution in [0.3, 0.4) is 0 Å². The summed E-state index contributed by atoms with van der Waals surface area (Å²) in [6.07, 6.45) is 0. The molecule has 0 aliphatic heterocycles. The van der Waals surface area contributed by atoms with Gasteiger partial charge in [0.25, 0.3) is 5.17 Å². The van der Waals surface area contributed by atoms with Crippen LogP contribution in [0.15, 0.2) is 12.1 Å². The molecule has 1 aromatic rings. The molecule has 0 atom stereocenters. The maximum atomic E-state index is 9.00. The minimum Gasteiger partial charge on any atom is -0.429 e. The molecule has 0 saturated carbocycles. The number of nitrogens with zero attached hydrogens (tertiary/aromatic N) is 4. The van der Waals surface area contributed by atoms with Crippen molar-refractivity contribution in [1.82, 2.24) is 4.90 Å². The molecule has 0 spiro atoms. The third-order valence-corrected chi connectivity index (χ3v) is 2.46. The molecule has 0 aliphatic carbocycles. The van der Waals surface area contributed by atoms with E-state index in [0.29, 0.717) is 0 Å². The molecule has 0 saturated heterocycles. The lowest BCUT2D eigenvalue weighted by Crippen LogP contribution is -2.25. The van der Waals surface area contributed by atoms with Crippen molar-refractivity contribution >= 4 is 17.4 Å². The Morgan fingerprint density at radius 1 is 1.11 bits per heavy atom. The first-order chi connectivity index (χ1) is 8.53. The number of hydrogen-bond donors (Lipinski definition) is 0. The first-order valence-electron chi connectivity index (χ1n) is 4.81. The van der Waals surface area contributed by atoms with Gasteiger partial charge in [0.1, 0.15) is 12.1 Å². The zero-order valence-electron chi connectivity index (χ0n) is 9.76. The van der Waals surface area contributed by atoms with Crippen LogP contribution in [0.25, 0.3) is 0 Å². The summed E-state index contributed by atoms with van der Waals surface area (Å²) in [5, 5.41) is 26.9. The predicted octanol–water partition coefficient (Wildman–Crippen LogP) is 1.53. The summed E-state index contributed by atoms with van der Waals surface area (Å²) in [6, 6.07) is 8.36. The fraction of sp³-hybridized carbons (Fsp3) is 0.167. The molecule has 1 rings (SSSR count). The van der Waals surface area contributed by atoms with Crippen LogP contribution >= 0.6 is 12.2 Å². The van der Waals surface area contributed by atoms with Gasteiger partial charge in [-0.2, -0.15) is 15.8 Å². The number of thiocarbonyl (C=S) groups is 1. The van der Waals surface area contributed by atoms with Gasteiger partial charge < -0.3 is 9.64 Å². The Labute approximate surface area is 110 Å². The quantitative estimate of drug-likeness (QED) is 0.708. The summed E-state index contributed by atoms with van der Waals surface area (Å²) in [5.74, 6) is 0.0812. The smallest absolute Gasteiger partial charge is 0.264 e. The molecule has 0 aliphatic rings. The van der Waals surface area contributed by atoms with Crippen LogP contribution < -0.4 is 4.74 Å². The van der Waals surface area contributed by atoms with E-state index in [0.717, 1.165) is 0 Å². The second-order valence-electron chi connectivity index (χ2n) is 3.50. The average Bonchev–Trinajstić information content (AvgIpc) is 2.38. The first-order valence-corrected chi connectivity index (χ1v) is 5.21. The van der Waals surface area contributed by atoms with Crippen LogP contribution in [0.5, 0.6) is 5.75 Å². The monoisotopic (exact) mass is 256 g/mol. The molecular formula is C12H8N4OS. The maximum Gasteiger partial charge on any atom is 0.264 e. The molecule has 0 N–H and O–H groups in total. The standard InChI is InChI=1S/C12H8N4OS/c1-16(2)12(18)17-11-9(6-14)3-8(5-13)4-10(11)7-15/h3-4H,1-2H3. The molecule has 1 aromatic carbocycles. The van der Waals surface area contributed by atoms with Crippen molar-refractivity contribution in [3.63, 3.8) is 0 Å². The van der Waals surface area contributed by atoms with Gasteiger partial charge in [0.2, 0.25) is 0 Å². The number of hydrogen-bond acceptors (Lipinski definition) is 5. The Morgan fingerprint density at radius 2 is 1.61 bits per heavy atom. The van der Waals surface area contributed by atoms with E-state index < -0.39 is 0 Å². The largest absolute Gasteiger partial charge is 0.429 e. The van der Waals surface area contributed by atoms with Crippen molar-refractivity contribution in [3.8, 4) is 24.0 Å². The van der Waals surface area contributed by atoms with Gasteiger partial charge in [0.05, 0.1) is 22.8 Å². The lowest BCUT2D eigenvalue weighted by atomic mass is 10.1. The van der Waals surface area contributed by atoms with Gasteiger partial charge in [0.15, 0.2) is 5.75 Å². The highest BCUT2D eigenvalue weighted by molar-refractivity contribution is 7.80. The first kappa shape index (κ1) is 13.4. The van der Waals surface area contributed by atoms with E-state index in [-0.39, 0.29) is 27.6 Å². The van der Waals surface area contributed by atoms with Gasteiger partial charge >= 0.3 is 0 Å². The highest BCUT2D eigenvalue weighted by Gasteiger charge is 2.15. The summed E-state index contributed by atoms with van der Waals surface area (Å²) in [7, 11) is 3.37. The van der Waals surface area contributed by atoms with Crippen molar-refractivity contribution in [3.05, 3.63) is 28.8 Å². The fourth-order valence-corrected chi connectivity index (χ4v) is 1.23. The minimum absolute atomic E-state index is 0.0812. The zero-order valence-corrected chi connectivity index (χ0v) is 10.6. The summed E-state index contributed by atoms with van der Waals surface area (Å²) in [5.41, 5.74) is 0.441. The number of nitriles is 3. The van der Waals surface area contributed by atoms with Gasteiger partial charge in [-0.15, -0.1) is 0 Å². The van der Waals surface area contributed by atoms with Gasteiger partial charge in [-0.25, -0.2) is 0 Å². The van der Waals surface area contributed by atoms with Crippen LogP contribution in [0, 0.1) is 34.0 Å². The van der Waals surface area contributed by atoms with E-state index in [1.165, 1.54) is 17.0 Å². The second-order valence-corrected chi connectivity index (χ2v) is 3.85. The number of benzene rings is 1. The molecule has 0 amide bonds. The Kier molecular flexibility index (Phi) is 4.21. The van der Waals surface area contributed by atoms with Crippen LogP contribution in [0.2, 0.25) is 0 Å². The minimum atomic E-state index is 0.0812. The molecule has 0 radical (unpaired) electrons. The van der Waals surface area contributed by atoms with Crippen molar-refractivity contribution in [2.75, 3.05) is 14.1 Å². The SMILES string of the molecule is CN(C)C(=S)Oc1c(C#N)cc(C#N)cc1C#N. The normalized spacial score (nSPS) is 8.61. The van der Waals surface area contributed by atoms with E-state index in [2.05, 4.69) is 0 Å². The van der Waals surface area contributed by atoms with Crippen LogP contribution in [-0.2, 0) is 0 Å². The molecule has 0 bridgehead atoms. The van der Waals surface area contributed by atoms with E-state index in [1.54, 1.807) is 14.1 Å². The highest BCUT2D eigenvalue weighted by atomic mass is 32.1. The topological polar surface area (TPSA) is 83.8 Å². The third kappa shape index (κ3) is 2.74. The molecule has 18 heavy (non-hydrogen) atoms. The van der Waals surface area contributed by atoms with Crippen molar-refractivity contribution in [2.24, 2.45) is 0 Å². The van der Waals surface area contributed by atoms with Crippen molar-refractivity contribution < 1.29 is 4.74 Å². The van der Waals surface area contributed by atoms with Gasteiger partial charge in [0, 0.05) is 14.1 Å². The summed E-state index contributed by atoms with van der Waals surface area (Å²) in [4.78, 5) is 1.54. The second kappa shape index (κ2) is 5.63. The Balaban J connectivity index is 3.36. The highest BCUT2D eigenvalue weighted by Crippen LogP contribution is 2.25. The Morgan fingerprint density at radius 3 is 1.94 bits per heavy atom. The molecule has 88 valence electrons. The summed E-state index contributed by atoms with van der Waals surface area (Å²) >= 11 is 4.96. The maximum absolute atomic E-state index is 9.00. The lowest BCUT2D eigenvalue weighted by Gasteiger charge is -2.15. The predicted molar refractivity (Wildman–Crippen MR) is 67.5 cm³/mol. The molecule has 0 heterocycles. The molecule has 5 nitrogen and oxygen atoms in total. The van der Waals surface area contributed by atoms with Gasteiger partial charge in [-0.1, -0.05) is 0 Å². The van der Waals surface area contributed by atoms with Crippen LogP contribution in [0.4, 0.5) is 0 Å². The molecular weight excluding hydrogens is 248 g/mol. The third-order valence-electron chi connectivity index (χ3n) is 2.01. The van der Waals surface area contributed by atoms with Crippen LogP contribution in [-0.4, -0.2) is 24.2 Å². The Bertz CT molecular complexity index is 581. The number of rotatable bonds is 1. The van der Waals surface area contributed by atoms with Crippen molar-refractivity contribution in [1.29, 1.82) is 15.8 Å². The molecule has 0 unspecified atom stereocenters.